The maximum Gasteiger partial charge on any atom is 0.123 e. The monoisotopic (exact) mass is 284 g/mol. The Kier molecular flexibility index (Phi) is 3.93. The molecule has 21 heavy (non-hydrogen) atoms. The van der Waals surface area contributed by atoms with E-state index < -0.39 is 0 Å². The van der Waals surface area contributed by atoms with Crippen LogP contribution in [0.4, 0.5) is 10.1 Å². The predicted molar refractivity (Wildman–Crippen MR) is 84.8 cm³/mol. The van der Waals surface area contributed by atoms with E-state index in [1.54, 1.807) is 6.07 Å². The zero-order chi connectivity index (χ0) is 14.8. The summed E-state index contributed by atoms with van der Waals surface area (Å²) in [5.41, 5.74) is 11.5. The Bertz CT molecular complexity index is 652. The standard InChI is InChI=1S/C18H21FN2/c1-13-4-5-18-16(7-13)3-2-6-21(18)12-15-8-14(11-20)9-17(19)10-15/h4-5,7-10H,2-3,6,11-12,20H2,1H3. The molecule has 1 heterocycles. The Labute approximate surface area is 125 Å². The number of anilines is 1. The van der Waals surface area contributed by atoms with E-state index in [2.05, 4.69) is 30.0 Å². The van der Waals surface area contributed by atoms with Crippen molar-refractivity contribution < 1.29 is 4.39 Å². The van der Waals surface area contributed by atoms with Gasteiger partial charge in [-0.1, -0.05) is 23.8 Å². The zero-order valence-electron chi connectivity index (χ0n) is 12.4. The van der Waals surface area contributed by atoms with Gasteiger partial charge in [0.15, 0.2) is 0 Å². The number of halogens is 1. The van der Waals surface area contributed by atoms with Crippen LogP contribution in [-0.4, -0.2) is 6.54 Å². The topological polar surface area (TPSA) is 29.3 Å². The molecule has 2 nitrogen and oxygen atoms in total. The van der Waals surface area contributed by atoms with Crippen molar-refractivity contribution in [2.75, 3.05) is 11.4 Å². The van der Waals surface area contributed by atoms with Gasteiger partial charge in [-0.05, 0) is 54.7 Å². The molecule has 1 aliphatic heterocycles. The molecule has 0 radical (unpaired) electrons. The summed E-state index contributed by atoms with van der Waals surface area (Å²) in [7, 11) is 0. The highest BCUT2D eigenvalue weighted by Crippen LogP contribution is 2.29. The van der Waals surface area contributed by atoms with Crippen molar-refractivity contribution in [2.24, 2.45) is 5.73 Å². The van der Waals surface area contributed by atoms with Crippen LogP contribution in [0.1, 0.15) is 28.7 Å². The van der Waals surface area contributed by atoms with Crippen molar-refractivity contribution in [3.8, 4) is 0 Å². The van der Waals surface area contributed by atoms with Gasteiger partial charge in [0.1, 0.15) is 5.82 Å². The third-order valence-corrected chi connectivity index (χ3v) is 4.08. The highest BCUT2D eigenvalue weighted by molar-refractivity contribution is 5.57. The minimum absolute atomic E-state index is 0.200. The van der Waals surface area contributed by atoms with Gasteiger partial charge in [0.2, 0.25) is 0 Å². The van der Waals surface area contributed by atoms with Gasteiger partial charge in [-0.3, -0.25) is 0 Å². The van der Waals surface area contributed by atoms with Crippen molar-refractivity contribution in [2.45, 2.75) is 32.9 Å². The minimum atomic E-state index is -0.200. The van der Waals surface area contributed by atoms with Gasteiger partial charge >= 0.3 is 0 Å². The van der Waals surface area contributed by atoms with Crippen LogP contribution in [0.3, 0.4) is 0 Å². The second-order valence-electron chi connectivity index (χ2n) is 5.83. The van der Waals surface area contributed by atoms with E-state index in [9.17, 15) is 4.39 Å². The summed E-state index contributed by atoms with van der Waals surface area (Å²) >= 11 is 0. The fourth-order valence-electron chi connectivity index (χ4n) is 3.11. The van der Waals surface area contributed by atoms with E-state index in [-0.39, 0.29) is 5.82 Å². The molecule has 0 amide bonds. The van der Waals surface area contributed by atoms with E-state index in [4.69, 9.17) is 5.73 Å². The van der Waals surface area contributed by atoms with E-state index >= 15 is 0 Å². The van der Waals surface area contributed by atoms with Crippen molar-refractivity contribution in [1.82, 2.24) is 0 Å². The smallest absolute Gasteiger partial charge is 0.123 e. The van der Waals surface area contributed by atoms with Crippen molar-refractivity contribution in [1.29, 1.82) is 0 Å². The van der Waals surface area contributed by atoms with E-state index in [0.717, 1.165) is 37.1 Å². The number of benzene rings is 2. The summed E-state index contributed by atoms with van der Waals surface area (Å²) in [5.74, 6) is -0.200. The Morgan fingerprint density at radius 3 is 2.76 bits per heavy atom. The molecule has 2 N–H and O–H groups in total. The summed E-state index contributed by atoms with van der Waals surface area (Å²) in [6, 6.07) is 11.7. The molecule has 0 aromatic heterocycles. The van der Waals surface area contributed by atoms with Gasteiger partial charge in [0.05, 0.1) is 0 Å². The number of nitrogens with zero attached hydrogens (tertiary/aromatic N) is 1. The summed E-state index contributed by atoms with van der Waals surface area (Å²) < 4.78 is 13.6. The van der Waals surface area contributed by atoms with E-state index in [1.807, 2.05) is 6.07 Å². The van der Waals surface area contributed by atoms with Crippen LogP contribution in [-0.2, 0) is 19.5 Å². The Morgan fingerprint density at radius 2 is 1.95 bits per heavy atom. The lowest BCUT2D eigenvalue weighted by atomic mass is 9.99. The van der Waals surface area contributed by atoms with Crippen LogP contribution in [0, 0.1) is 12.7 Å². The molecule has 0 spiro atoms. The molecule has 3 heteroatoms. The van der Waals surface area contributed by atoms with Crippen LogP contribution < -0.4 is 10.6 Å². The fourth-order valence-corrected chi connectivity index (χ4v) is 3.11. The van der Waals surface area contributed by atoms with Crippen molar-refractivity contribution in [3.63, 3.8) is 0 Å². The first-order chi connectivity index (χ1) is 10.2. The van der Waals surface area contributed by atoms with Crippen LogP contribution >= 0.6 is 0 Å². The van der Waals surface area contributed by atoms with Crippen LogP contribution in [0.2, 0.25) is 0 Å². The molecule has 0 aliphatic carbocycles. The van der Waals surface area contributed by atoms with E-state index in [1.165, 1.54) is 22.9 Å². The average Bonchev–Trinajstić information content (AvgIpc) is 2.46. The maximum absolute atomic E-state index is 13.6. The molecule has 0 atom stereocenters. The molecular formula is C18H21FN2. The second-order valence-corrected chi connectivity index (χ2v) is 5.83. The van der Waals surface area contributed by atoms with Crippen LogP contribution in [0.15, 0.2) is 36.4 Å². The molecule has 0 saturated heterocycles. The Balaban J connectivity index is 1.88. The lowest BCUT2D eigenvalue weighted by molar-refractivity contribution is 0.620. The molecular weight excluding hydrogens is 263 g/mol. The first-order valence-corrected chi connectivity index (χ1v) is 7.48. The summed E-state index contributed by atoms with van der Waals surface area (Å²) in [4.78, 5) is 2.34. The number of hydrogen-bond acceptors (Lipinski definition) is 2. The SMILES string of the molecule is Cc1ccc2c(c1)CCCN2Cc1cc(F)cc(CN)c1. The number of hydrogen-bond donors (Lipinski definition) is 1. The normalized spacial score (nSPS) is 14.1. The lowest BCUT2D eigenvalue weighted by Crippen LogP contribution is -2.29. The first kappa shape index (κ1) is 14.1. The van der Waals surface area contributed by atoms with Crippen LogP contribution in [0.25, 0.3) is 0 Å². The molecule has 2 aromatic rings. The fraction of sp³-hybridized carbons (Fsp3) is 0.333. The van der Waals surface area contributed by atoms with Gasteiger partial charge in [0, 0.05) is 25.3 Å². The quantitative estimate of drug-likeness (QED) is 0.934. The number of aryl methyl sites for hydroxylation is 2. The predicted octanol–water partition coefficient (Wildman–Crippen LogP) is 3.55. The van der Waals surface area contributed by atoms with Crippen molar-refractivity contribution in [3.05, 3.63) is 64.5 Å². The summed E-state index contributed by atoms with van der Waals surface area (Å²) in [6.45, 7) is 4.26. The highest BCUT2D eigenvalue weighted by Gasteiger charge is 2.17. The van der Waals surface area contributed by atoms with E-state index in [0.29, 0.717) is 6.54 Å². The van der Waals surface area contributed by atoms with Gasteiger partial charge < -0.3 is 10.6 Å². The Morgan fingerprint density at radius 1 is 1.14 bits per heavy atom. The van der Waals surface area contributed by atoms with Crippen molar-refractivity contribution >= 4 is 5.69 Å². The maximum atomic E-state index is 13.6. The average molecular weight is 284 g/mol. The third-order valence-electron chi connectivity index (χ3n) is 4.08. The molecule has 0 fully saturated rings. The largest absolute Gasteiger partial charge is 0.367 e. The Hall–Kier alpha value is -1.87. The van der Waals surface area contributed by atoms with Gasteiger partial charge in [-0.2, -0.15) is 0 Å². The minimum Gasteiger partial charge on any atom is -0.367 e. The molecule has 1 aliphatic rings. The highest BCUT2D eigenvalue weighted by atomic mass is 19.1. The molecule has 2 aromatic carbocycles. The van der Waals surface area contributed by atoms with Crippen LogP contribution in [0.5, 0.6) is 0 Å². The van der Waals surface area contributed by atoms with Gasteiger partial charge in [-0.25, -0.2) is 4.39 Å². The molecule has 110 valence electrons. The number of nitrogens with two attached hydrogens (primary N) is 1. The van der Waals surface area contributed by atoms with Gasteiger partial charge in [-0.15, -0.1) is 0 Å². The third kappa shape index (κ3) is 3.08. The lowest BCUT2D eigenvalue weighted by Gasteiger charge is -2.31. The molecule has 0 unspecified atom stereocenters. The molecule has 0 bridgehead atoms. The second kappa shape index (κ2) is 5.86. The summed E-state index contributed by atoms with van der Waals surface area (Å²) in [6.07, 6.45) is 2.28. The molecule has 0 saturated carbocycles. The number of fused-ring (bicyclic) bond motifs is 1. The summed E-state index contributed by atoms with van der Waals surface area (Å²) in [5, 5.41) is 0. The molecule has 3 rings (SSSR count). The number of rotatable bonds is 3. The zero-order valence-corrected chi connectivity index (χ0v) is 12.4. The van der Waals surface area contributed by atoms with Gasteiger partial charge in [0.25, 0.3) is 0 Å². The first-order valence-electron chi connectivity index (χ1n) is 7.48.